The highest BCUT2D eigenvalue weighted by molar-refractivity contribution is 7.20. The van der Waals surface area contributed by atoms with Crippen molar-refractivity contribution >= 4 is 40.0 Å². The lowest BCUT2D eigenvalue weighted by atomic mass is 10.3. The molecular weight excluding hydrogens is 298 g/mol. The number of hydrogen-bond donors (Lipinski definition) is 1. The predicted molar refractivity (Wildman–Crippen MR) is 80.1 cm³/mol. The maximum atomic E-state index is 10.7. The Morgan fingerprint density at radius 1 is 1.21 bits per heavy atom. The van der Waals surface area contributed by atoms with Crippen molar-refractivity contribution in [3.8, 4) is 20.5 Å². The van der Waals surface area contributed by atoms with Gasteiger partial charge in [-0.25, -0.2) is 4.98 Å². The number of carboxylic acid groups (broad SMARTS) is 1. The van der Waals surface area contributed by atoms with Crippen LogP contribution >= 0.6 is 34.0 Å². The first-order valence-corrected chi connectivity index (χ1v) is 8.10. The summed E-state index contributed by atoms with van der Waals surface area (Å²) in [5, 5.41) is 13.8. The van der Waals surface area contributed by atoms with Crippen LogP contribution in [0.2, 0.25) is 0 Å². The zero-order valence-corrected chi connectivity index (χ0v) is 12.1. The number of thiazole rings is 1. The molecule has 0 atom stereocenters. The Morgan fingerprint density at radius 2 is 2.11 bits per heavy atom. The van der Waals surface area contributed by atoms with Gasteiger partial charge >= 0.3 is 5.97 Å². The molecule has 0 saturated carbocycles. The average Bonchev–Trinajstić information content (AvgIpc) is 3.09. The van der Waals surface area contributed by atoms with E-state index in [0.717, 1.165) is 20.5 Å². The smallest absolute Gasteiger partial charge is 0.308 e. The van der Waals surface area contributed by atoms with E-state index < -0.39 is 5.97 Å². The molecule has 96 valence electrons. The molecule has 3 aromatic rings. The molecule has 19 heavy (non-hydrogen) atoms. The van der Waals surface area contributed by atoms with Crippen LogP contribution in [0, 0.1) is 0 Å². The molecule has 0 aliphatic heterocycles. The maximum absolute atomic E-state index is 10.7. The van der Waals surface area contributed by atoms with Gasteiger partial charge in [0.2, 0.25) is 0 Å². The molecule has 0 aromatic carbocycles. The molecule has 0 aliphatic carbocycles. The fourth-order valence-electron chi connectivity index (χ4n) is 1.66. The molecule has 3 rings (SSSR count). The molecule has 0 bridgehead atoms. The van der Waals surface area contributed by atoms with E-state index in [-0.39, 0.29) is 6.42 Å². The van der Waals surface area contributed by atoms with E-state index in [1.54, 1.807) is 22.7 Å². The van der Waals surface area contributed by atoms with Crippen molar-refractivity contribution in [3.05, 3.63) is 39.9 Å². The second-order valence-corrected chi connectivity index (χ2v) is 6.83. The van der Waals surface area contributed by atoms with Crippen LogP contribution in [0.5, 0.6) is 0 Å². The Morgan fingerprint density at radius 3 is 2.84 bits per heavy atom. The summed E-state index contributed by atoms with van der Waals surface area (Å²) in [7, 11) is 0. The summed E-state index contributed by atoms with van der Waals surface area (Å²) in [5.74, 6) is -0.800. The van der Waals surface area contributed by atoms with Crippen LogP contribution in [0.25, 0.3) is 20.5 Å². The summed E-state index contributed by atoms with van der Waals surface area (Å²) < 4.78 is 0. The van der Waals surface area contributed by atoms with Crippen LogP contribution in [0.1, 0.15) is 4.88 Å². The first-order valence-electron chi connectivity index (χ1n) is 5.52. The van der Waals surface area contributed by atoms with E-state index in [0.29, 0.717) is 0 Å². The highest BCUT2D eigenvalue weighted by Gasteiger charge is 2.10. The van der Waals surface area contributed by atoms with Gasteiger partial charge in [-0.1, -0.05) is 6.07 Å². The number of aromatic nitrogens is 1. The molecule has 3 aromatic heterocycles. The minimum absolute atomic E-state index is 0.0760. The first-order chi connectivity index (χ1) is 9.22. The largest absolute Gasteiger partial charge is 0.481 e. The molecule has 0 spiro atoms. The zero-order valence-electron chi connectivity index (χ0n) is 9.70. The van der Waals surface area contributed by atoms with E-state index in [1.807, 2.05) is 29.0 Å². The molecule has 3 heterocycles. The summed E-state index contributed by atoms with van der Waals surface area (Å²) in [6, 6.07) is 7.86. The third-order valence-electron chi connectivity index (χ3n) is 2.48. The third kappa shape index (κ3) is 2.75. The average molecular weight is 307 g/mol. The Kier molecular flexibility index (Phi) is 3.46. The first kappa shape index (κ1) is 12.5. The van der Waals surface area contributed by atoms with Crippen molar-refractivity contribution in [3.63, 3.8) is 0 Å². The van der Waals surface area contributed by atoms with Crippen molar-refractivity contribution in [2.75, 3.05) is 0 Å². The van der Waals surface area contributed by atoms with E-state index >= 15 is 0 Å². The minimum atomic E-state index is -0.800. The van der Waals surface area contributed by atoms with Gasteiger partial charge in [-0.2, -0.15) is 0 Å². The SMILES string of the molecule is O=C(O)Cc1ccc(-c2csc(-c3cccs3)n2)s1. The Labute approximate surface area is 121 Å². The topological polar surface area (TPSA) is 50.2 Å². The lowest BCUT2D eigenvalue weighted by Crippen LogP contribution is -1.96. The molecular formula is C13H9NO2S3. The van der Waals surface area contributed by atoms with Crippen molar-refractivity contribution in [1.82, 2.24) is 4.98 Å². The Hall–Kier alpha value is -1.50. The zero-order chi connectivity index (χ0) is 13.2. The highest BCUT2D eigenvalue weighted by atomic mass is 32.1. The van der Waals surface area contributed by atoms with Gasteiger partial charge in [0, 0.05) is 10.3 Å². The van der Waals surface area contributed by atoms with Crippen molar-refractivity contribution in [1.29, 1.82) is 0 Å². The Bertz CT molecular complexity index is 697. The monoisotopic (exact) mass is 307 g/mol. The third-order valence-corrected chi connectivity index (χ3v) is 5.46. The Balaban J connectivity index is 1.86. The predicted octanol–water partition coefficient (Wildman–Crippen LogP) is 4.23. The van der Waals surface area contributed by atoms with Gasteiger partial charge < -0.3 is 5.11 Å². The second kappa shape index (κ2) is 5.24. The fraction of sp³-hybridized carbons (Fsp3) is 0.0769. The minimum Gasteiger partial charge on any atom is -0.481 e. The van der Waals surface area contributed by atoms with E-state index in [1.165, 1.54) is 16.2 Å². The fourth-order valence-corrected chi connectivity index (χ4v) is 4.33. The molecule has 0 saturated heterocycles. The van der Waals surface area contributed by atoms with Crippen LogP contribution in [-0.2, 0) is 11.2 Å². The van der Waals surface area contributed by atoms with Gasteiger partial charge in [0.05, 0.1) is 21.9 Å². The number of rotatable bonds is 4. The van der Waals surface area contributed by atoms with Crippen LogP contribution in [0.15, 0.2) is 35.0 Å². The molecule has 6 heteroatoms. The molecule has 0 radical (unpaired) electrons. The molecule has 0 unspecified atom stereocenters. The van der Waals surface area contributed by atoms with Crippen molar-refractivity contribution in [2.24, 2.45) is 0 Å². The standard InChI is InChI=1S/C13H9NO2S3/c15-12(16)6-8-3-4-10(19-8)9-7-18-13(14-9)11-2-1-5-17-11/h1-5,7H,6H2,(H,15,16). The number of aliphatic carboxylic acids is 1. The molecule has 1 N–H and O–H groups in total. The molecule has 0 amide bonds. The number of carboxylic acids is 1. The van der Waals surface area contributed by atoms with E-state index in [4.69, 9.17) is 5.11 Å². The van der Waals surface area contributed by atoms with Gasteiger partial charge in [-0.15, -0.1) is 34.0 Å². The van der Waals surface area contributed by atoms with Gasteiger partial charge in [-0.05, 0) is 23.6 Å². The van der Waals surface area contributed by atoms with Gasteiger partial charge in [0.1, 0.15) is 5.01 Å². The lowest BCUT2D eigenvalue weighted by molar-refractivity contribution is -0.136. The summed E-state index contributed by atoms with van der Waals surface area (Å²) in [6.07, 6.45) is 0.0760. The summed E-state index contributed by atoms with van der Waals surface area (Å²) >= 11 is 4.78. The number of carbonyl (C=O) groups is 1. The van der Waals surface area contributed by atoms with Crippen LogP contribution in [0.3, 0.4) is 0 Å². The number of hydrogen-bond acceptors (Lipinski definition) is 5. The molecule has 0 fully saturated rings. The van der Waals surface area contributed by atoms with Gasteiger partial charge in [-0.3, -0.25) is 4.79 Å². The van der Waals surface area contributed by atoms with Gasteiger partial charge in [0.25, 0.3) is 0 Å². The van der Waals surface area contributed by atoms with E-state index in [9.17, 15) is 4.79 Å². The second-order valence-electron chi connectivity index (χ2n) is 3.85. The number of nitrogens with zero attached hydrogens (tertiary/aromatic N) is 1. The number of thiophene rings is 2. The summed E-state index contributed by atoms with van der Waals surface area (Å²) in [5.41, 5.74) is 0.926. The quantitative estimate of drug-likeness (QED) is 0.785. The van der Waals surface area contributed by atoms with E-state index in [2.05, 4.69) is 11.1 Å². The highest BCUT2D eigenvalue weighted by Crippen LogP contribution is 2.34. The molecule has 0 aliphatic rings. The van der Waals surface area contributed by atoms with Crippen LogP contribution < -0.4 is 0 Å². The summed E-state index contributed by atoms with van der Waals surface area (Å²) in [6.45, 7) is 0. The normalized spacial score (nSPS) is 10.7. The van der Waals surface area contributed by atoms with Crippen LogP contribution in [0.4, 0.5) is 0 Å². The molecule has 3 nitrogen and oxygen atoms in total. The van der Waals surface area contributed by atoms with Crippen LogP contribution in [-0.4, -0.2) is 16.1 Å². The van der Waals surface area contributed by atoms with Gasteiger partial charge in [0.15, 0.2) is 0 Å². The summed E-state index contributed by atoms with van der Waals surface area (Å²) in [4.78, 5) is 18.3. The van der Waals surface area contributed by atoms with Crippen molar-refractivity contribution in [2.45, 2.75) is 6.42 Å². The maximum Gasteiger partial charge on any atom is 0.308 e. The lowest BCUT2D eigenvalue weighted by Gasteiger charge is -1.90. The van der Waals surface area contributed by atoms with Crippen molar-refractivity contribution < 1.29 is 9.90 Å².